The Morgan fingerprint density at radius 3 is 2.32 bits per heavy atom. The molecule has 1 aliphatic heterocycles. The van der Waals surface area contributed by atoms with Crippen LogP contribution in [-0.4, -0.2) is 46.3 Å². The summed E-state index contributed by atoms with van der Waals surface area (Å²) in [5.41, 5.74) is 5.43. The molecule has 19 heavy (non-hydrogen) atoms. The number of piperidine rings is 1. The number of sulfonamides is 1. The Bertz CT molecular complexity index is 581. The number of hydrogen-bond acceptors (Lipinski definition) is 5. The van der Waals surface area contributed by atoms with Crippen LogP contribution in [0.4, 0.5) is 5.82 Å². The number of anilines is 1. The molecule has 1 aromatic rings. The summed E-state index contributed by atoms with van der Waals surface area (Å²) in [5, 5.41) is 13.8. The van der Waals surface area contributed by atoms with Crippen LogP contribution < -0.4 is 5.73 Å². The van der Waals surface area contributed by atoms with Crippen LogP contribution in [0.1, 0.15) is 25.5 Å². The quantitative estimate of drug-likeness (QED) is 0.788. The maximum atomic E-state index is 12.6. The highest BCUT2D eigenvalue weighted by molar-refractivity contribution is 7.89. The van der Waals surface area contributed by atoms with Crippen LogP contribution in [0.25, 0.3) is 0 Å². The smallest absolute Gasteiger partial charge is 0.248 e. The molecule has 0 atom stereocenters. The van der Waals surface area contributed by atoms with Gasteiger partial charge in [-0.05, 0) is 26.7 Å². The Kier molecular flexibility index (Phi) is 3.36. The normalized spacial score (nSPS) is 20.6. The second-order valence-corrected chi connectivity index (χ2v) is 7.20. The summed E-state index contributed by atoms with van der Waals surface area (Å²) >= 11 is 0. The third-order valence-corrected chi connectivity index (χ3v) is 5.77. The Labute approximate surface area is 113 Å². The Morgan fingerprint density at radius 2 is 1.89 bits per heavy atom. The van der Waals surface area contributed by atoms with E-state index in [2.05, 4.69) is 5.10 Å². The van der Waals surface area contributed by atoms with Crippen molar-refractivity contribution in [2.75, 3.05) is 18.8 Å². The van der Waals surface area contributed by atoms with E-state index >= 15 is 0 Å². The number of nitrogen functional groups attached to an aromatic ring is 1. The molecule has 0 bridgehead atoms. The molecular formula is C11H20N4O3S. The molecule has 0 saturated carbocycles. The third-order valence-electron chi connectivity index (χ3n) is 3.70. The molecule has 0 aromatic carbocycles. The second kappa shape index (κ2) is 4.46. The van der Waals surface area contributed by atoms with Crippen LogP contribution in [0.5, 0.6) is 0 Å². The average Bonchev–Trinajstić information content (AvgIpc) is 2.52. The lowest BCUT2D eigenvalue weighted by atomic mass is 9.95. The molecule has 1 aromatic heterocycles. The molecule has 8 heteroatoms. The number of aromatic nitrogens is 2. The summed E-state index contributed by atoms with van der Waals surface area (Å²) in [5.74, 6) is 0.0253. The van der Waals surface area contributed by atoms with Crippen molar-refractivity contribution in [1.29, 1.82) is 0 Å². The number of aliphatic hydroxyl groups is 1. The van der Waals surface area contributed by atoms with Crippen LogP contribution in [0.15, 0.2) is 4.90 Å². The Hall–Kier alpha value is -1.12. The molecule has 2 rings (SSSR count). The van der Waals surface area contributed by atoms with E-state index in [1.165, 1.54) is 8.99 Å². The predicted octanol–water partition coefficient (Wildman–Crippen LogP) is -0.154. The number of aryl methyl sites for hydroxylation is 1. The molecule has 0 radical (unpaired) electrons. The SMILES string of the molecule is Cc1c(S(=O)(=O)N2CCC(C)(O)CC2)c(N)nn1C. The van der Waals surface area contributed by atoms with Crippen molar-refractivity contribution in [2.24, 2.45) is 7.05 Å². The molecule has 0 aliphatic carbocycles. The van der Waals surface area contributed by atoms with Crippen molar-refractivity contribution in [2.45, 2.75) is 37.2 Å². The van der Waals surface area contributed by atoms with Crippen LogP contribution in [-0.2, 0) is 17.1 Å². The van der Waals surface area contributed by atoms with E-state index in [0.29, 0.717) is 31.6 Å². The molecule has 2 heterocycles. The highest BCUT2D eigenvalue weighted by Crippen LogP contribution is 2.29. The first-order valence-electron chi connectivity index (χ1n) is 6.17. The molecule has 1 aliphatic rings. The number of nitrogens with two attached hydrogens (primary N) is 1. The van der Waals surface area contributed by atoms with Crippen molar-refractivity contribution >= 4 is 15.8 Å². The first kappa shape index (κ1) is 14.3. The molecule has 1 fully saturated rings. The van der Waals surface area contributed by atoms with E-state index in [9.17, 15) is 13.5 Å². The van der Waals surface area contributed by atoms with Gasteiger partial charge in [0.2, 0.25) is 10.0 Å². The number of nitrogens with zero attached hydrogens (tertiary/aromatic N) is 3. The highest BCUT2D eigenvalue weighted by Gasteiger charge is 2.36. The lowest BCUT2D eigenvalue weighted by molar-refractivity contribution is 0.0126. The van der Waals surface area contributed by atoms with Crippen molar-refractivity contribution in [3.05, 3.63) is 5.69 Å². The van der Waals surface area contributed by atoms with Gasteiger partial charge >= 0.3 is 0 Å². The van der Waals surface area contributed by atoms with E-state index in [4.69, 9.17) is 5.73 Å². The maximum Gasteiger partial charge on any atom is 0.248 e. The predicted molar refractivity (Wildman–Crippen MR) is 71.0 cm³/mol. The summed E-state index contributed by atoms with van der Waals surface area (Å²) in [6.07, 6.45) is 0.844. The van der Waals surface area contributed by atoms with E-state index in [1.54, 1.807) is 20.9 Å². The van der Waals surface area contributed by atoms with Gasteiger partial charge in [-0.1, -0.05) is 0 Å². The number of rotatable bonds is 2. The van der Waals surface area contributed by atoms with Gasteiger partial charge in [0.05, 0.1) is 11.3 Å². The van der Waals surface area contributed by atoms with Crippen LogP contribution in [0, 0.1) is 6.92 Å². The van der Waals surface area contributed by atoms with Gasteiger partial charge in [-0.25, -0.2) is 8.42 Å². The van der Waals surface area contributed by atoms with Crippen LogP contribution in [0.2, 0.25) is 0 Å². The molecule has 0 unspecified atom stereocenters. The fraction of sp³-hybridized carbons (Fsp3) is 0.727. The number of hydrogen-bond donors (Lipinski definition) is 2. The minimum atomic E-state index is -3.64. The van der Waals surface area contributed by atoms with Gasteiger partial charge in [0.1, 0.15) is 4.90 Å². The fourth-order valence-electron chi connectivity index (χ4n) is 2.27. The van der Waals surface area contributed by atoms with Gasteiger partial charge in [-0.3, -0.25) is 4.68 Å². The van der Waals surface area contributed by atoms with Gasteiger partial charge in [-0.2, -0.15) is 9.40 Å². The monoisotopic (exact) mass is 288 g/mol. The highest BCUT2D eigenvalue weighted by atomic mass is 32.2. The van der Waals surface area contributed by atoms with Crippen molar-refractivity contribution < 1.29 is 13.5 Å². The van der Waals surface area contributed by atoms with Gasteiger partial charge < -0.3 is 10.8 Å². The summed E-state index contributed by atoms with van der Waals surface area (Å²) in [4.78, 5) is 0.0801. The third kappa shape index (κ3) is 2.47. The summed E-state index contributed by atoms with van der Waals surface area (Å²) < 4.78 is 28.0. The Morgan fingerprint density at radius 1 is 1.37 bits per heavy atom. The van der Waals surface area contributed by atoms with Gasteiger partial charge in [-0.15, -0.1) is 0 Å². The fourth-order valence-corrected chi connectivity index (χ4v) is 4.00. The van der Waals surface area contributed by atoms with Crippen molar-refractivity contribution in [3.8, 4) is 0 Å². The van der Waals surface area contributed by atoms with Gasteiger partial charge in [0, 0.05) is 20.1 Å². The minimum Gasteiger partial charge on any atom is -0.390 e. The zero-order valence-electron chi connectivity index (χ0n) is 11.4. The zero-order valence-corrected chi connectivity index (χ0v) is 12.2. The van der Waals surface area contributed by atoms with E-state index in [-0.39, 0.29) is 10.7 Å². The minimum absolute atomic E-state index is 0.0253. The molecule has 108 valence electrons. The molecule has 0 spiro atoms. The second-order valence-electron chi connectivity index (χ2n) is 5.32. The van der Waals surface area contributed by atoms with E-state index in [1.807, 2.05) is 0 Å². The topological polar surface area (TPSA) is 101 Å². The first-order valence-corrected chi connectivity index (χ1v) is 7.61. The van der Waals surface area contributed by atoms with E-state index in [0.717, 1.165) is 0 Å². The standard InChI is InChI=1S/C11H20N4O3S/c1-8-9(10(12)13-14(8)3)19(17,18)15-6-4-11(2,16)5-7-15/h16H,4-7H2,1-3H3,(H2,12,13). The average molecular weight is 288 g/mol. The largest absolute Gasteiger partial charge is 0.390 e. The maximum absolute atomic E-state index is 12.6. The Balaban J connectivity index is 2.34. The van der Waals surface area contributed by atoms with Crippen molar-refractivity contribution in [1.82, 2.24) is 14.1 Å². The molecule has 1 saturated heterocycles. The zero-order chi connectivity index (χ0) is 14.4. The van der Waals surface area contributed by atoms with Crippen LogP contribution in [0.3, 0.4) is 0 Å². The van der Waals surface area contributed by atoms with Crippen LogP contribution >= 0.6 is 0 Å². The molecule has 3 N–H and O–H groups in total. The first-order chi connectivity index (χ1) is 8.65. The van der Waals surface area contributed by atoms with Gasteiger partial charge in [0.15, 0.2) is 5.82 Å². The van der Waals surface area contributed by atoms with Gasteiger partial charge in [0.25, 0.3) is 0 Å². The van der Waals surface area contributed by atoms with Crippen molar-refractivity contribution in [3.63, 3.8) is 0 Å². The summed E-state index contributed by atoms with van der Waals surface area (Å²) in [7, 11) is -1.98. The summed E-state index contributed by atoms with van der Waals surface area (Å²) in [6.45, 7) is 3.99. The lowest BCUT2D eigenvalue weighted by Crippen LogP contribution is -2.45. The lowest BCUT2D eigenvalue weighted by Gasteiger charge is -2.34. The van der Waals surface area contributed by atoms with E-state index < -0.39 is 15.6 Å². The molecule has 7 nitrogen and oxygen atoms in total. The molecular weight excluding hydrogens is 268 g/mol. The molecule has 0 amide bonds. The summed E-state index contributed by atoms with van der Waals surface area (Å²) in [6, 6.07) is 0.